The van der Waals surface area contributed by atoms with Crippen molar-refractivity contribution >= 4 is 0 Å². The Balaban J connectivity index is 2.19. The summed E-state index contributed by atoms with van der Waals surface area (Å²) in [6.07, 6.45) is -1.12. The highest BCUT2D eigenvalue weighted by Gasteiger charge is 2.08. The van der Waals surface area contributed by atoms with Gasteiger partial charge in [-0.05, 0) is 0 Å². The normalized spacial score (nSPS) is 31.9. The number of hydrogen-bond donors (Lipinski definition) is 3. The first-order valence-electron chi connectivity index (χ1n) is 5.59. The summed E-state index contributed by atoms with van der Waals surface area (Å²) in [5.74, 6) is 0. The van der Waals surface area contributed by atoms with Gasteiger partial charge in [0.2, 0.25) is 0 Å². The first kappa shape index (κ1) is 13.8. The molecule has 2 unspecified atom stereocenters. The van der Waals surface area contributed by atoms with Crippen LogP contribution in [0.3, 0.4) is 0 Å². The molecule has 1 aliphatic heterocycles. The summed E-state index contributed by atoms with van der Waals surface area (Å²) in [4.78, 5) is 0. The van der Waals surface area contributed by atoms with E-state index in [-0.39, 0.29) is 13.2 Å². The molecule has 0 saturated carbocycles. The van der Waals surface area contributed by atoms with Gasteiger partial charge in [0.1, 0.15) is 0 Å². The van der Waals surface area contributed by atoms with Crippen LogP contribution in [0.15, 0.2) is 0 Å². The molecular formula is C10H21NO5. The summed E-state index contributed by atoms with van der Waals surface area (Å²) in [6.45, 7) is 3.29. The Morgan fingerprint density at radius 3 is 1.69 bits per heavy atom. The highest BCUT2D eigenvalue weighted by molar-refractivity contribution is 4.63. The molecule has 0 aromatic rings. The molecule has 0 spiro atoms. The molecule has 0 amide bonds. The number of rotatable bonds is 0. The molecule has 1 heterocycles. The maximum absolute atomic E-state index is 9.46. The molecule has 3 N–H and O–H groups in total. The number of β-amino-alcohol motifs (C(OH)–C–C–N with tert-alkyl or cyclic N) is 2. The SMILES string of the molecule is OC1CNCC(O)COCCOCCOC1. The molecule has 6 heteroatoms. The average Bonchev–Trinajstić information content (AvgIpc) is 2.26. The van der Waals surface area contributed by atoms with E-state index in [9.17, 15) is 10.2 Å². The Kier molecular flexibility index (Phi) is 7.65. The van der Waals surface area contributed by atoms with E-state index in [2.05, 4.69) is 5.32 Å². The van der Waals surface area contributed by atoms with Gasteiger partial charge in [-0.25, -0.2) is 0 Å². The number of hydrogen-bond acceptors (Lipinski definition) is 6. The molecule has 1 aliphatic rings. The van der Waals surface area contributed by atoms with Gasteiger partial charge in [-0.15, -0.1) is 0 Å². The minimum atomic E-state index is -0.559. The third-order valence-corrected chi connectivity index (χ3v) is 2.12. The summed E-state index contributed by atoms with van der Waals surface area (Å²) in [5, 5.41) is 21.9. The van der Waals surface area contributed by atoms with Crippen molar-refractivity contribution in [2.24, 2.45) is 0 Å². The molecule has 0 radical (unpaired) electrons. The summed E-state index contributed by atoms with van der Waals surface area (Å²) in [6, 6.07) is 0. The molecule has 0 aromatic carbocycles. The molecule has 1 saturated heterocycles. The number of aliphatic hydroxyl groups is 2. The molecule has 0 bridgehead atoms. The minimum absolute atomic E-state index is 0.281. The monoisotopic (exact) mass is 235 g/mol. The smallest absolute Gasteiger partial charge is 0.0897 e. The van der Waals surface area contributed by atoms with E-state index < -0.39 is 12.2 Å². The lowest BCUT2D eigenvalue weighted by Gasteiger charge is -2.16. The van der Waals surface area contributed by atoms with Crippen LogP contribution in [0.25, 0.3) is 0 Å². The van der Waals surface area contributed by atoms with Crippen LogP contribution in [-0.4, -0.2) is 75.2 Å². The quantitative estimate of drug-likeness (QED) is 0.467. The Bertz CT molecular complexity index is 153. The molecule has 16 heavy (non-hydrogen) atoms. The lowest BCUT2D eigenvalue weighted by atomic mass is 10.3. The zero-order chi connectivity index (χ0) is 11.6. The molecule has 96 valence electrons. The van der Waals surface area contributed by atoms with E-state index in [1.54, 1.807) is 0 Å². The van der Waals surface area contributed by atoms with E-state index in [0.717, 1.165) is 0 Å². The fourth-order valence-corrected chi connectivity index (χ4v) is 1.31. The van der Waals surface area contributed by atoms with Crippen molar-refractivity contribution in [3.63, 3.8) is 0 Å². The van der Waals surface area contributed by atoms with Crippen molar-refractivity contribution in [1.82, 2.24) is 5.32 Å². The average molecular weight is 235 g/mol. The van der Waals surface area contributed by atoms with Crippen molar-refractivity contribution in [3.8, 4) is 0 Å². The summed E-state index contributed by atoms with van der Waals surface area (Å²) >= 11 is 0. The van der Waals surface area contributed by atoms with Gasteiger partial charge < -0.3 is 29.7 Å². The molecule has 0 aliphatic carbocycles. The predicted molar refractivity (Wildman–Crippen MR) is 57.3 cm³/mol. The van der Waals surface area contributed by atoms with Gasteiger partial charge in [0.25, 0.3) is 0 Å². The Morgan fingerprint density at radius 2 is 1.19 bits per heavy atom. The number of ether oxygens (including phenoxy) is 3. The molecule has 2 atom stereocenters. The van der Waals surface area contributed by atoms with E-state index >= 15 is 0 Å². The highest BCUT2D eigenvalue weighted by atomic mass is 16.5. The van der Waals surface area contributed by atoms with Crippen LogP contribution in [-0.2, 0) is 14.2 Å². The van der Waals surface area contributed by atoms with Gasteiger partial charge in [-0.1, -0.05) is 0 Å². The maximum Gasteiger partial charge on any atom is 0.0897 e. The second kappa shape index (κ2) is 8.86. The van der Waals surface area contributed by atoms with E-state index in [4.69, 9.17) is 14.2 Å². The van der Waals surface area contributed by atoms with E-state index in [1.165, 1.54) is 0 Å². The van der Waals surface area contributed by atoms with Gasteiger partial charge in [0.15, 0.2) is 0 Å². The van der Waals surface area contributed by atoms with Gasteiger partial charge in [0.05, 0.1) is 51.8 Å². The number of aliphatic hydroxyl groups excluding tert-OH is 2. The first-order chi connectivity index (χ1) is 7.79. The fourth-order valence-electron chi connectivity index (χ4n) is 1.31. The van der Waals surface area contributed by atoms with Crippen molar-refractivity contribution < 1.29 is 24.4 Å². The summed E-state index contributed by atoms with van der Waals surface area (Å²) in [5.41, 5.74) is 0. The standard InChI is InChI=1S/C10H21NO5/c12-9-5-11-6-10(13)8-16-4-2-14-1-3-15-7-9/h9-13H,1-8H2. The number of nitrogens with one attached hydrogen (secondary N) is 1. The topological polar surface area (TPSA) is 80.2 Å². The van der Waals surface area contributed by atoms with Crippen LogP contribution < -0.4 is 5.32 Å². The van der Waals surface area contributed by atoms with Crippen molar-refractivity contribution in [3.05, 3.63) is 0 Å². The Labute approximate surface area is 95.5 Å². The van der Waals surface area contributed by atoms with Crippen LogP contribution in [0.5, 0.6) is 0 Å². The Hall–Kier alpha value is -0.240. The van der Waals surface area contributed by atoms with Crippen molar-refractivity contribution in [1.29, 1.82) is 0 Å². The minimum Gasteiger partial charge on any atom is -0.389 e. The van der Waals surface area contributed by atoms with E-state index in [0.29, 0.717) is 39.5 Å². The van der Waals surface area contributed by atoms with Crippen LogP contribution in [0.1, 0.15) is 0 Å². The molecule has 1 rings (SSSR count). The van der Waals surface area contributed by atoms with Crippen LogP contribution >= 0.6 is 0 Å². The molecule has 1 fully saturated rings. The second-order valence-corrected chi connectivity index (χ2v) is 3.73. The van der Waals surface area contributed by atoms with E-state index in [1.807, 2.05) is 0 Å². The molecule has 6 nitrogen and oxygen atoms in total. The van der Waals surface area contributed by atoms with Gasteiger partial charge >= 0.3 is 0 Å². The van der Waals surface area contributed by atoms with Crippen LogP contribution in [0.2, 0.25) is 0 Å². The zero-order valence-corrected chi connectivity index (χ0v) is 9.43. The van der Waals surface area contributed by atoms with Crippen LogP contribution in [0.4, 0.5) is 0 Å². The van der Waals surface area contributed by atoms with Gasteiger partial charge in [0, 0.05) is 13.1 Å². The lowest BCUT2D eigenvalue weighted by Crippen LogP contribution is -2.37. The third kappa shape index (κ3) is 7.10. The third-order valence-electron chi connectivity index (χ3n) is 2.12. The highest BCUT2D eigenvalue weighted by Crippen LogP contribution is 1.89. The zero-order valence-electron chi connectivity index (χ0n) is 9.43. The van der Waals surface area contributed by atoms with Crippen molar-refractivity contribution in [2.45, 2.75) is 12.2 Å². The molecular weight excluding hydrogens is 214 g/mol. The second-order valence-electron chi connectivity index (χ2n) is 3.73. The molecule has 0 aromatic heterocycles. The van der Waals surface area contributed by atoms with Gasteiger partial charge in [-0.2, -0.15) is 0 Å². The predicted octanol–water partition coefficient (Wildman–Crippen LogP) is -1.64. The maximum atomic E-state index is 9.46. The largest absolute Gasteiger partial charge is 0.389 e. The van der Waals surface area contributed by atoms with Gasteiger partial charge in [-0.3, -0.25) is 0 Å². The lowest BCUT2D eigenvalue weighted by molar-refractivity contribution is -0.0273. The first-order valence-corrected chi connectivity index (χ1v) is 5.59. The summed E-state index contributed by atoms with van der Waals surface area (Å²) in [7, 11) is 0. The van der Waals surface area contributed by atoms with Crippen molar-refractivity contribution in [2.75, 3.05) is 52.7 Å². The fraction of sp³-hybridized carbons (Fsp3) is 1.00. The summed E-state index contributed by atoms with van der Waals surface area (Å²) < 4.78 is 15.6. The van der Waals surface area contributed by atoms with Crippen LogP contribution in [0, 0.1) is 0 Å². The Morgan fingerprint density at radius 1 is 0.750 bits per heavy atom.